The Morgan fingerprint density at radius 1 is 0.882 bits per heavy atom. The molecule has 0 N–H and O–H groups in total. The average Bonchev–Trinajstić information content (AvgIpc) is 2.72. The van der Waals surface area contributed by atoms with Crippen LogP contribution in [0.4, 0.5) is 0 Å². The maximum atomic E-state index is 3.43. The third-order valence-electron chi connectivity index (χ3n) is 2.15. The molecule has 2 aliphatic carbocycles. The van der Waals surface area contributed by atoms with Crippen LogP contribution in [0.15, 0.2) is 75.8 Å². The van der Waals surface area contributed by atoms with Crippen molar-refractivity contribution in [1.82, 2.24) is 0 Å². The van der Waals surface area contributed by atoms with E-state index in [4.69, 9.17) is 0 Å². The van der Waals surface area contributed by atoms with Crippen molar-refractivity contribution >= 4 is 20.4 Å². The Balaban J connectivity index is 0.000000228. The van der Waals surface area contributed by atoms with E-state index in [1.54, 1.807) is 0 Å². The molecule has 0 nitrogen and oxygen atoms in total. The van der Waals surface area contributed by atoms with Gasteiger partial charge >= 0.3 is 93.0 Å². The Morgan fingerprint density at radius 2 is 1.53 bits per heavy atom. The van der Waals surface area contributed by atoms with E-state index in [1.165, 1.54) is 23.7 Å². The van der Waals surface area contributed by atoms with Crippen molar-refractivity contribution in [3.63, 3.8) is 0 Å². The normalized spacial score (nSPS) is 15.2. The van der Waals surface area contributed by atoms with Crippen LogP contribution in [0.25, 0.3) is 0 Å². The summed E-state index contributed by atoms with van der Waals surface area (Å²) in [6, 6.07) is 8.49. The molecule has 0 bridgehead atoms. The van der Waals surface area contributed by atoms with Gasteiger partial charge in [0.05, 0.1) is 0 Å². The first-order valence-corrected chi connectivity index (χ1v) is 7.23. The van der Waals surface area contributed by atoms with Crippen molar-refractivity contribution < 1.29 is 14.7 Å². The zero-order valence-corrected chi connectivity index (χ0v) is 11.9. The van der Waals surface area contributed by atoms with E-state index in [-0.39, 0.29) is 0 Å². The fraction of sp³-hybridized carbons (Fsp3) is 0.0667. The van der Waals surface area contributed by atoms with Gasteiger partial charge in [0.2, 0.25) is 0 Å². The minimum atomic E-state index is 1.11. The van der Waals surface area contributed by atoms with Crippen LogP contribution in [-0.2, 0) is 14.7 Å². The van der Waals surface area contributed by atoms with Crippen LogP contribution in [0.2, 0.25) is 0 Å². The summed E-state index contributed by atoms with van der Waals surface area (Å²) in [6.45, 7) is 0. The van der Waals surface area contributed by atoms with Gasteiger partial charge in [-0.2, -0.15) is 0 Å². The van der Waals surface area contributed by atoms with Crippen molar-refractivity contribution in [3.8, 4) is 0 Å². The molecule has 0 saturated carbocycles. The smallest absolute Gasteiger partial charge is 0.0623 e. The van der Waals surface area contributed by atoms with Crippen LogP contribution in [0.1, 0.15) is 6.42 Å². The molecule has 1 aromatic rings. The molecular formula is C15H13BrCo. The largest absolute Gasteiger partial charge is 0.0623 e. The summed E-state index contributed by atoms with van der Waals surface area (Å²) in [6.07, 6.45) is 15.6. The number of rotatable bonds is 2. The number of hydrogen-bond donors (Lipinski definition) is 0. The molecule has 17 heavy (non-hydrogen) atoms. The second-order valence-electron chi connectivity index (χ2n) is 3.48. The minimum absolute atomic E-state index is 1.11. The average molecular weight is 332 g/mol. The van der Waals surface area contributed by atoms with Crippen molar-refractivity contribution in [2.24, 2.45) is 0 Å². The van der Waals surface area contributed by atoms with E-state index < -0.39 is 0 Å². The van der Waals surface area contributed by atoms with Gasteiger partial charge < -0.3 is 0 Å². The van der Waals surface area contributed by atoms with Crippen LogP contribution in [0.3, 0.4) is 0 Å². The standard InChI is InChI=1S/C6H4Br.C5H5.C4H4.Co/c7-6-4-2-1-3-5-6;1-2-4-5-3-1;1-2-4-3-1;/h2-5H;1-3H,4H2;1-4H;. The van der Waals surface area contributed by atoms with Crippen LogP contribution in [-0.4, -0.2) is 0 Å². The monoisotopic (exact) mass is 331 g/mol. The fourth-order valence-corrected chi connectivity index (χ4v) is 2.60. The van der Waals surface area contributed by atoms with Crippen molar-refractivity contribution in [2.45, 2.75) is 6.42 Å². The van der Waals surface area contributed by atoms with Gasteiger partial charge in [-0.3, -0.25) is 0 Å². The van der Waals surface area contributed by atoms with Crippen LogP contribution in [0.5, 0.6) is 0 Å². The molecule has 0 aliphatic heterocycles. The van der Waals surface area contributed by atoms with E-state index in [2.05, 4.69) is 58.4 Å². The zero-order valence-electron chi connectivity index (χ0n) is 9.27. The minimum Gasteiger partial charge on any atom is -0.0623 e. The third kappa shape index (κ3) is 4.50. The van der Waals surface area contributed by atoms with E-state index in [0.29, 0.717) is 0 Å². The van der Waals surface area contributed by atoms with E-state index >= 15 is 0 Å². The number of hydrogen-bond acceptors (Lipinski definition) is 0. The Labute approximate surface area is 117 Å². The third-order valence-corrected chi connectivity index (χ3v) is 4.04. The molecule has 0 radical (unpaired) electrons. The molecule has 0 fully saturated rings. The summed E-state index contributed by atoms with van der Waals surface area (Å²) in [7, 11) is 0. The number of halogens is 1. The maximum absolute atomic E-state index is 3.43. The van der Waals surface area contributed by atoms with Crippen LogP contribution in [0, 0.1) is 0 Å². The molecule has 0 atom stereocenters. The van der Waals surface area contributed by atoms with Gasteiger partial charge in [0.1, 0.15) is 0 Å². The quantitative estimate of drug-likeness (QED) is 0.765. The maximum Gasteiger partial charge on any atom is -0.0623 e. The molecule has 1 aromatic carbocycles. The molecule has 2 aliphatic rings. The van der Waals surface area contributed by atoms with Gasteiger partial charge in [-0.25, -0.2) is 0 Å². The molecule has 0 aromatic heterocycles. The predicted molar refractivity (Wildman–Crippen MR) is 73.9 cm³/mol. The molecular weight excluding hydrogens is 319 g/mol. The summed E-state index contributed by atoms with van der Waals surface area (Å²) in [5.74, 6) is 0. The molecule has 0 unspecified atom stereocenters. The van der Waals surface area contributed by atoms with Crippen molar-refractivity contribution in [1.29, 1.82) is 0 Å². The van der Waals surface area contributed by atoms with Crippen LogP contribution >= 0.6 is 15.9 Å². The number of allylic oxidation sites excluding steroid dienone is 8. The summed E-state index contributed by atoms with van der Waals surface area (Å²) in [4.78, 5) is 0. The summed E-state index contributed by atoms with van der Waals surface area (Å²) >= 11 is 4.79. The molecule has 89 valence electrons. The van der Waals surface area contributed by atoms with E-state index in [0.717, 1.165) is 10.9 Å². The summed E-state index contributed by atoms with van der Waals surface area (Å²) in [5.41, 5.74) is 0. The molecule has 0 heterocycles. The predicted octanol–water partition coefficient (Wildman–Crippen LogP) is 4.11. The first-order chi connectivity index (χ1) is 8.34. The van der Waals surface area contributed by atoms with Gasteiger partial charge in [-0.1, -0.05) is 24.3 Å². The van der Waals surface area contributed by atoms with Crippen molar-refractivity contribution in [3.05, 3.63) is 75.8 Å². The van der Waals surface area contributed by atoms with Gasteiger partial charge in [0.25, 0.3) is 0 Å². The van der Waals surface area contributed by atoms with Gasteiger partial charge in [-0.05, 0) is 0 Å². The van der Waals surface area contributed by atoms with E-state index in [1.807, 2.05) is 24.3 Å². The molecule has 0 amide bonds. The first kappa shape index (κ1) is 12.6. The Kier molecular flexibility index (Phi) is 5.04. The Bertz CT molecular complexity index is 460. The second-order valence-corrected chi connectivity index (χ2v) is 5.93. The summed E-state index contributed by atoms with van der Waals surface area (Å²) < 4.78 is 3.97. The first-order valence-electron chi connectivity index (χ1n) is 5.39. The zero-order chi connectivity index (χ0) is 11.9. The number of benzene rings is 1. The SMILES string of the molecule is Brc1cc[c]([Co][C]2=CC=CC2)cc1.C1=CC=C1. The fourth-order valence-electron chi connectivity index (χ4n) is 1.19. The topological polar surface area (TPSA) is 0 Å². The molecule has 0 saturated heterocycles. The molecule has 2 heteroatoms. The van der Waals surface area contributed by atoms with Crippen molar-refractivity contribution in [2.75, 3.05) is 0 Å². The van der Waals surface area contributed by atoms with Gasteiger partial charge in [0, 0.05) is 0 Å². The van der Waals surface area contributed by atoms with Gasteiger partial charge in [-0.15, -0.1) is 0 Å². The Hall–Kier alpha value is -0.834. The second kappa shape index (κ2) is 6.79. The summed E-state index contributed by atoms with van der Waals surface area (Å²) in [5, 5.41) is 0. The van der Waals surface area contributed by atoms with Gasteiger partial charge in [0.15, 0.2) is 0 Å². The van der Waals surface area contributed by atoms with Crippen LogP contribution < -0.4 is 4.50 Å². The Morgan fingerprint density at radius 3 is 2.00 bits per heavy atom. The van der Waals surface area contributed by atoms with E-state index in [9.17, 15) is 0 Å². The molecule has 3 rings (SSSR count). The molecule has 0 spiro atoms.